The summed E-state index contributed by atoms with van der Waals surface area (Å²) in [6, 6.07) is 0. The van der Waals surface area contributed by atoms with Gasteiger partial charge in [-0.3, -0.25) is 9.59 Å². The van der Waals surface area contributed by atoms with Gasteiger partial charge in [-0.1, -0.05) is 0 Å². The number of ether oxygens (including phenoxy) is 2. The first-order chi connectivity index (χ1) is 11.4. The molecule has 0 aromatic carbocycles. The third-order valence-electron chi connectivity index (χ3n) is 2.47. The van der Waals surface area contributed by atoms with Crippen LogP contribution in [0.4, 0.5) is 5.82 Å². The fraction of sp³-hybridized carbons (Fsp3) is 0.385. The summed E-state index contributed by atoms with van der Waals surface area (Å²) >= 11 is 0. The summed E-state index contributed by atoms with van der Waals surface area (Å²) in [5.74, 6) is -3.47. The number of aromatic nitrogens is 2. The van der Waals surface area contributed by atoms with E-state index in [4.69, 9.17) is 10.5 Å². The standard InChI is InChI=1S/C13H17N5O6/c1-3-23-8(20)5-7(19)9(13(22)24-4-2)17-18-12-10(11(14)21)15-6-16-12/h6,19H,3-5H2,1-2H3,(H2,14,21)(H,15,16)/b9-7-,18-17?. The molecule has 0 aliphatic heterocycles. The van der Waals surface area contributed by atoms with E-state index in [9.17, 15) is 19.5 Å². The average molecular weight is 339 g/mol. The van der Waals surface area contributed by atoms with Crippen molar-refractivity contribution in [3.8, 4) is 0 Å². The number of nitrogens with two attached hydrogens (primary N) is 1. The van der Waals surface area contributed by atoms with E-state index in [0.29, 0.717) is 0 Å². The van der Waals surface area contributed by atoms with Crippen LogP contribution in [0.2, 0.25) is 0 Å². The maximum Gasteiger partial charge on any atom is 0.362 e. The van der Waals surface area contributed by atoms with Crippen molar-refractivity contribution in [2.24, 2.45) is 16.0 Å². The second-order valence-electron chi connectivity index (χ2n) is 4.16. The molecule has 0 atom stereocenters. The summed E-state index contributed by atoms with van der Waals surface area (Å²) < 4.78 is 9.40. The van der Waals surface area contributed by atoms with Crippen LogP contribution in [-0.2, 0) is 19.1 Å². The molecular weight excluding hydrogens is 322 g/mol. The van der Waals surface area contributed by atoms with Gasteiger partial charge in [0, 0.05) is 0 Å². The quantitative estimate of drug-likeness (QED) is 0.273. The zero-order chi connectivity index (χ0) is 18.1. The molecule has 0 aliphatic carbocycles. The van der Waals surface area contributed by atoms with Crippen molar-refractivity contribution in [1.82, 2.24) is 9.97 Å². The maximum absolute atomic E-state index is 11.8. The normalized spacial score (nSPS) is 11.9. The lowest BCUT2D eigenvalue weighted by Crippen LogP contribution is -2.12. The number of rotatable bonds is 8. The number of esters is 2. The lowest BCUT2D eigenvalue weighted by Gasteiger charge is -2.05. The van der Waals surface area contributed by atoms with Gasteiger partial charge in [0.25, 0.3) is 5.91 Å². The zero-order valence-corrected chi connectivity index (χ0v) is 13.1. The molecule has 11 heteroatoms. The van der Waals surface area contributed by atoms with E-state index in [-0.39, 0.29) is 24.7 Å². The average Bonchev–Trinajstić information content (AvgIpc) is 2.96. The van der Waals surface area contributed by atoms with Gasteiger partial charge in [-0.25, -0.2) is 9.78 Å². The lowest BCUT2D eigenvalue weighted by molar-refractivity contribution is -0.142. The number of hydrogen-bond acceptors (Lipinski definition) is 9. The van der Waals surface area contributed by atoms with Gasteiger partial charge < -0.3 is 25.3 Å². The van der Waals surface area contributed by atoms with Crippen LogP contribution in [0.1, 0.15) is 30.8 Å². The highest BCUT2D eigenvalue weighted by molar-refractivity contribution is 5.95. The first-order valence-corrected chi connectivity index (χ1v) is 6.90. The second-order valence-corrected chi connectivity index (χ2v) is 4.16. The zero-order valence-electron chi connectivity index (χ0n) is 13.1. The van der Waals surface area contributed by atoms with Crippen LogP contribution in [0.3, 0.4) is 0 Å². The molecule has 130 valence electrons. The number of carbonyl (C=O) groups is 3. The molecule has 0 saturated carbocycles. The van der Waals surface area contributed by atoms with Crippen molar-refractivity contribution in [2.45, 2.75) is 20.3 Å². The van der Waals surface area contributed by atoms with Crippen LogP contribution in [0.25, 0.3) is 0 Å². The van der Waals surface area contributed by atoms with Crippen molar-refractivity contribution in [3.63, 3.8) is 0 Å². The molecule has 0 fully saturated rings. The third-order valence-corrected chi connectivity index (χ3v) is 2.47. The van der Waals surface area contributed by atoms with Gasteiger partial charge in [0.1, 0.15) is 12.2 Å². The topological polar surface area (TPSA) is 169 Å². The first-order valence-electron chi connectivity index (χ1n) is 6.90. The lowest BCUT2D eigenvalue weighted by atomic mass is 10.3. The predicted octanol–water partition coefficient (Wildman–Crippen LogP) is 0.878. The van der Waals surface area contributed by atoms with Crippen molar-refractivity contribution in [3.05, 3.63) is 23.5 Å². The van der Waals surface area contributed by atoms with Gasteiger partial charge >= 0.3 is 11.9 Å². The number of hydrogen-bond donors (Lipinski definition) is 3. The molecular formula is C13H17N5O6. The molecule has 0 saturated heterocycles. The summed E-state index contributed by atoms with van der Waals surface area (Å²) in [6.07, 6.45) is 0.560. The highest BCUT2D eigenvalue weighted by atomic mass is 16.5. The molecule has 1 heterocycles. The predicted molar refractivity (Wildman–Crippen MR) is 79.2 cm³/mol. The molecule has 0 bridgehead atoms. The Morgan fingerprint density at radius 2 is 1.96 bits per heavy atom. The molecule has 0 radical (unpaired) electrons. The van der Waals surface area contributed by atoms with E-state index in [2.05, 4.69) is 24.9 Å². The van der Waals surface area contributed by atoms with E-state index in [1.54, 1.807) is 13.8 Å². The number of aliphatic hydroxyl groups is 1. The van der Waals surface area contributed by atoms with E-state index in [0.717, 1.165) is 6.33 Å². The number of nitrogens with zero attached hydrogens (tertiary/aromatic N) is 3. The van der Waals surface area contributed by atoms with Crippen molar-refractivity contribution >= 4 is 23.7 Å². The number of H-pyrrole nitrogens is 1. The van der Waals surface area contributed by atoms with E-state index in [1.165, 1.54) is 0 Å². The number of aliphatic hydroxyl groups excluding tert-OH is 1. The molecule has 0 unspecified atom stereocenters. The third kappa shape index (κ3) is 5.19. The van der Waals surface area contributed by atoms with Crippen LogP contribution in [0.5, 0.6) is 0 Å². The molecule has 11 nitrogen and oxygen atoms in total. The minimum absolute atomic E-state index is 0.0134. The highest BCUT2D eigenvalue weighted by Crippen LogP contribution is 2.18. The van der Waals surface area contributed by atoms with Gasteiger partial charge in [0.05, 0.1) is 19.5 Å². The minimum atomic E-state index is -1.00. The van der Waals surface area contributed by atoms with Crippen molar-refractivity contribution < 1.29 is 29.0 Å². The van der Waals surface area contributed by atoms with Gasteiger partial charge in [-0.2, -0.15) is 0 Å². The summed E-state index contributed by atoms with van der Waals surface area (Å²) in [6.45, 7) is 3.26. The SMILES string of the molecule is CCOC(=O)C/C(O)=C(/N=Nc1nc[nH]c1C(N)=O)C(=O)OCC. The monoisotopic (exact) mass is 339 g/mol. The number of aromatic amines is 1. The van der Waals surface area contributed by atoms with E-state index in [1.807, 2.05) is 0 Å². The Morgan fingerprint density at radius 3 is 2.54 bits per heavy atom. The van der Waals surface area contributed by atoms with Crippen LogP contribution in [0, 0.1) is 0 Å². The number of primary amides is 1. The van der Waals surface area contributed by atoms with Crippen molar-refractivity contribution in [2.75, 3.05) is 13.2 Å². The molecule has 0 spiro atoms. The molecule has 24 heavy (non-hydrogen) atoms. The fourth-order valence-corrected chi connectivity index (χ4v) is 1.49. The Hall–Kier alpha value is -3.24. The summed E-state index contributed by atoms with van der Waals surface area (Å²) in [5, 5.41) is 17.0. The van der Waals surface area contributed by atoms with Gasteiger partial charge in [-0.05, 0) is 13.8 Å². The second kappa shape index (κ2) is 9.02. The number of carbonyl (C=O) groups excluding carboxylic acids is 3. The molecule has 1 aromatic rings. The Bertz CT molecular complexity index is 678. The summed E-state index contributed by atoms with van der Waals surface area (Å²) in [4.78, 5) is 40.5. The number of azo groups is 1. The smallest absolute Gasteiger partial charge is 0.362 e. The van der Waals surface area contributed by atoms with Crippen LogP contribution in [0.15, 0.2) is 28.0 Å². The summed E-state index contributed by atoms with van der Waals surface area (Å²) in [5.41, 5.74) is 4.37. The van der Waals surface area contributed by atoms with E-state index >= 15 is 0 Å². The Balaban J connectivity index is 3.12. The molecule has 1 aromatic heterocycles. The minimum Gasteiger partial charge on any atom is -0.509 e. The Morgan fingerprint density at radius 1 is 1.29 bits per heavy atom. The Kier molecular flexibility index (Phi) is 7.07. The van der Waals surface area contributed by atoms with Gasteiger partial charge in [0.2, 0.25) is 11.5 Å². The molecule has 1 amide bonds. The number of imidazole rings is 1. The molecule has 1 rings (SSSR count). The first kappa shape index (κ1) is 18.8. The van der Waals surface area contributed by atoms with Gasteiger partial charge in [-0.15, -0.1) is 10.2 Å². The van der Waals surface area contributed by atoms with Crippen LogP contribution in [-0.4, -0.2) is 46.1 Å². The molecule has 4 N–H and O–H groups in total. The fourth-order valence-electron chi connectivity index (χ4n) is 1.49. The van der Waals surface area contributed by atoms with Crippen molar-refractivity contribution in [1.29, 1.82) is 0 Å². The van der Waals surface area contributed by atoms with Gasteiger partial charge in [0.15, 0.2) is 5.69 Å². The van der Waals surface area contributed by atoms with Crippen LogP contribution >= 0.6 is 0 Å². The maximum atomic E-state index is 11.8. The number of nitrogens with one attached hydrogen (secondary N) is 1. The highest BCUT2D eigenvalue weighted by Gasteiger charge is 2.20. The summed E-state index contributed by atoms with van der Waals surface area (Å²) in [7, 11) is 0. The molecule has 0 aliphatic rings. The largest absolute Gasteiger partial charge is 0.509 e. The Labute approximate surface area is 136 Å². The van der Waals surface area contributed by atoms with E-state index < -0.39 is 35.7 Å². The van der Waals surface area contributed by atoms with Crippen LogP contribution < -0.4 is 5.73 Å². The number of amides is 1.